The molecular formula is C24H22N6O3. The molecule has 4 aromatic heterocycles. The Balaban J connectivity index is 1.75. The van der Waals surface area contributed by atoms with Crippen molar-refractivity contribution >= 4 is 11.0 Å². The largest absolute Gasteiger partial charge is 0.488 e. The van der Waals surface area contributed by atoms with Crippen LogP contribution in [0.15, 0.2) is 39.8 Å². The first-order valence-electron chi connectivity index (χ1n) is 10.8. The van der Waals surface area contributed by atoms with Gasteiger partial charge in [-0.05, 0) is 45.9 Å². The zero-order chi connectivity index (χ0) is 22.9. The van der Waals surface area contributed by atoms with Crippen LogP contribution in [0.5, 0.6) is 5.75 Å². The topological polar surface area (TPSA) is 115 Å². The minimum atomic E-state index is -0.348. The third kappa shape index (κ3) is 2.71. The number of pyridine rings is 1. The number of hydrogen-bond donors (Lipinski definition) is 2. The van der Waals surface area contributed by atoms with Gasteiger partial charge in [0.2, 0.25) is 0 Å². The van der Waals surface area contributed by atoms with Crippen molar-refractivity contribution in [2.45, 2.75) is 33.7 Å². The fourth-order valence-electron chi connectivity index (χ4n) is 4.94. The van der Waals surface area contributed by atoms with Crippen LogP contribution in [0.3, 0.4) is 0 Å². The highest BCUT2D eigenvalue weighted by atomic mass is 16.5. The average molecular weight is 442 g/mol. The van der Waals surface area contributed by atoms with Crippen molar-refractivity contribution in [3.8, 4) is 28.0 Å². The first-order chi connectivity index (χ1) is 16.0. The second kappa shape index (κ2) is 6.93. The van der Waals surface area contributed by atoms with Crippen molar-refractivity contribution in [2.75, 3.05) is 6.61 Å². The highest BCUT2D eigenvalue weighted by Gasteiger charge is 2.33. The van der Waals surface area contributed by atoms with Crippen molar-refractivity contribution in [2.24, 2.45) is 0 Å². The van der Waals surface area contributed by atoms with Gasteiger partial charge in [0, 0.05) is 28.6 Å². The standard InChI is InChI=1S/C24H22N6O3/c1-11-19(12(2)28-27-11)15-9-16(20-13(3)29-33-14(20)4)23-22-21(15)26-24(31)30(22)18(10-32-23)17-7-5-6-8-25-17/h5-9,18H,10H2,1-4H3,(H,26,31)(H,27,28). The van der Waals surface area contributed by atoms with Crippen molar-refractivity contribution in [1.82, 2.24) is 29.9 Å². The first kappa shape index (κ1) is 19.5. The number of H-pyrrole nitrogens is 2. The molecule has 9 nitrogen and oxygen atoms in total. The Hall–Kier alpha value is -4.14. The number of rotatable bonds is 3. The monoisotopic (exact) mass is 442 g/mol. The predicted molar refractivity (Wildman–Crippen MR) is 122 cm³/mol. The van der Waals surface area contributed by atoms with Crippen molar-refractivity contribution in [3.05, 3.63) is 69.5 Å². The molecule has 166 valence electrons. The third-order valence-electron chi connectivity index (χ3n) is 6.37. The van der Waals surface area contributed by atoms with Gasteiger partial charge in [0.15, 0.2) is 5.75 Å². The van der Waals surface area contributed by atoms with E-state index in [0.717, 1.165) is 45.0 Å². The molecule has 1 aliphatic heterocycles. The van der Waals surface area contributed by atoms with E-state index in [1.54, 1.807) is 10.8 Å². The number of aromatic amines is 2. The molecule has 2 N–H and O–H groups in total. The number of aryl methyl sites for hydroxylation is 4. The zero-order valence-corrected chi connectivity index (χ0v) is 18.7. The summed E-state index contributed by atoms with van der Waals surface area (Å²) in [4.78, 5) is 20.9. The molecule has 1 atom stereocenters. The molecule has 0 saturated carbocycles. The molecule has 5 aromatic rings. The maximum absolute atomic E-state index is 13.3. The number of nitrogens with zero attached hydrogens (tertiary/aromatic N) is 4. The lowest BCUT2D eigenvalue weighted by atomic mass is 9.94. The van der Waals surface area contributed by atoms with Gasteiger partial charge in [-0.15, -0.1) is 0 Å². The van der Waals surface area contributed by atoms with Crippen molar-refractivity contribution < 1.29 is 9.26 Å². The molecule has 0 amide bonds. The lowest BCUT2D eigenvalue weighted by Gasteiger charge is -2.27. The quantitative estimate of drug-likeness (QED) is 0.437. The van der Waals surface area contributed by atoms with Crippen LogP contribution in [0.4, 0.5) is 0 Å². The van der Waals surface area contributed by atoms with E-state index < -0.39 is 0 Å². The SMILES string of the molecule is Cc1n[nH]c(C)c1-c1cc(-c2c(C)noc2C)c2c3c1[nH]c(=O)n3C(c1ccccn1)CO2. The van der Waals surface area contributed by atoms with Gasteiger partial charge < -0.3 is 14.2 Å². The van der Waals surface area contributed by atoms with E-state index in [4.69, 9.17) is 9.26 Å². The van der Waals surface area contributed by atoms with E-state index in [-0.39, 0.29) is 18.3 Å². The van der Waals surface area contributed by atoms with Crippen LogP contribution >= 0.6 is 0 Å². The molecule has 5 heterocycles. The lowest BCUT2D eigenvalue weighted by molar-refractivity contribution is 0.255. The molecule has 0 saturated heterocycles. The van der Waals surface area contributed by atoms with Gasteiger partial charge in [0.05, 0.1) is 28.2 Å². The van der Waals surface area contributed by atoms with Gasteiger partial charge in [-0.2, -0.15) is 5.10 Å². The second-order valence-corrected chi connectivity index (χ2v) is 8.41. The fourth-order valence-corrected chi connectivity index (χ4v) is 4.94. The third-order valence-corrected chi connectivity index (χ3v) is 6.37. The average Bonchev–Trinajstić information content (AvgIpc) is 3.46. The van der Waals surface area contributed by atoms with Gasteiger partial charge in [-0.3, -0.25) is 14.6 Å². The zero-order valence-electron chi connectivity index (χ0n) is 18.7. The number of ether oxygens (including phenoxy) is 1. The number of hydrogen-bond acceptors (Lipinski definition) is 6. The lowest BCUT2D eigenvalue weighted by Crippen LogP contribution is -2.31. The summed E-state index contributed by atoms with van der Waals surface area (Å²) in [6.07, 6.45) is 1.73. The fraction of sp³-hybridized carbons (Fsp3) is 0.250. The van der Waals surface area contributed by atoms with E-state index in [1.165, 1.54) is 0 Å². The molecule has 1 aliphatic rings. The maximum Gasteiger partial charge on any atom is 0.327 e. The van der Waals surface area contributed by atoms with Crippen LogP contribution in [0.2, 0.25) is 0 Å². The maximum atomic E-state index is 13.3. The van der Waals surface area contributed by atoms with Gasteiger partial charge >= 0.3 is 5.69 Å². The summed E-state index contributed by atoms with van der Waals surface area (Å²) in [6, 6.07) is 7.37. The van der Waals surface area contributed by atoms with Gasteiger partial charge in [0.1, 0.15) is 23.9 Å². The molecular weight excluding hydrogens is 420 g/mol. The van der Waals surface area contributed by atoms with Gasteiger partial charge in [0.25, 0.3) is 0 Å². The normalized spacial score (nSPS) is 15.2. The van der Waals surface area contributed by atoms with Crippen LogP contribution in [-0.4, -0.2) is 36.5 Å². The van der Waals surface area contributed by atoms with Crippen LogP contribution in [0.25, 0.3) is 33.3 Å². The van der Waals surface area contributed by atoms with E-state index in [0.29, 0.717) is 22.5 Å². The molecule has 1 aromatic carbocycles. The Bertz CT molecular complexity index is 1550. The summed E-state index contributed by atoms with van der Waals surface area (Å²) >= 11 is 0. The Kier molecular flexibility index (Phi) is 4.10. The van der Waals surface area contributed by atoms with E-state index in [1.807, 2.05) is 52.0 Å². The highest BCUT2D eigenvalue weighted by molar-refractivity contribution is 6.02. The molecule has 33 heavy (non-hydrogen) atoms. The van der Waals surface area contributed by atoms with Crippen molar-refractivity contribution in [1.29, 1.82) is 0 Å². The van der Waals surface area contributed by atoms with Crippen LogP contribution in [0.1, 0.15) is 34.6 Å². The number of imidazole rings is 1. The molecule has 0 spiro atoms. The highest BCUT2D eigenvalue weighted by Crippen LogP contribution is 2.47. The summed E-state index contributed by atoms with van der Waals surface area (Å²) in [5.41, 5.74) is 8.01. The van der Waals surface area contributed by atoms with E-state index >= 15 is 0 Å². The number of aromatic nitrogens is 6. The Morgan fingerprint density at radius 3 is 2.61 bits per heavy atom. The predicted octanol–water partition coefficient (Wildman–Crippen LogP) is 3.99. The van der Waals surface area contributed by atoms with Gasteiger partial charge in [-0.25, -0.2) is 4.79 Å². The summed E-state index contributed by atoms with van der Waals surface area (Å²) in [5.74, 6) is 1.32. The smallest absolute Gasteiger partial charge is 0.327 e. The number of benzene rings is 1. The van der Waals surface area contributed by atoms with Crippen LogP contribution in [0, 0.1) is 27.7 Å². The summed E-state index contributed by atoms with van der Waals surface area (Å²) in [7, 11) is 0. The molecule has 0 bridgehead atoms. The second-order valence-electron chi connectivity index (χ2n) is 8.41. The molecule has 6 rings (SSSR count). The van der Waals surface area contributed by atoms with Crippen LogP contribution < -0.4 is 10.4 Å². The summed E-state index contributed by atoms with van der Waals surface area (Å²) in [6.45, 7) is 7.99. The van der Waals surface area contributed by atoms with Gasteiger partial charge in [-0.1, -0.05) is 11.2 Å². The molecule has 0 radical (unpaired) electrons. The molecule has 0 aliphatic carbocycles. The Morgan fingerprint density at radius 1 is 1.09 bits per heavy atom. The molecule has 0 fully saturated rings. The van der Waals surface area contributed by atoms with Crippen molar-refractivity contribution in [3.63, 3.8) is 0 Å². The number of nitrogens with one attached hydrogen (secondary N) is 2. The Morgan fingerprint density at radius 2 is 1.94 bits per heavy atom. The molecule has 1 unspecified atom stereocenters. The first-order valence-corrected chi connectivity index (χ1v) is 10.8. The van der Waals surface area contributed by atoms with E-state index in [9.17, 15) is 4.79 Å². The van der Waals surface area contributed by atoms with Crippen LogP contribution in [-0.2, 0) is 0 Å². The summed E-state index contributed by atoms with van der Waals surface area (Å²) < 4.78 is 13.6. The minimum Gasteiger partial charge on any atom is -0.488 e. The molecule has 9 heteroatoms. The van der Waals surface area contributed by atoms with E-state index in [2.05, 4.69) is 25.3 Å². The minimum absolute atomic E-state index is 0.207. The Labute approximate surface area is 188 Å². The summed E-state index contributed by atoms with van der Waals surface area (Å²) in [5, 5.41) is 11.6.